The molecular formula is C16H21F3N4O3. The molecule has 1 atom stereocenters. The highest BCUT2D eigenvalue weighted by molar-refractivity contribution is 5.81. The molecule has 0 unspecified atom stereocenters. The van der Waals surface area contributed by atoms with E-state index in [1.54, 1.807) is 25.9 Å². The van der Waals surface area contributed by atoms with Gasteiger partial charge in [-0.25, -0.2) is 0 Å². The molecule has 1 aromatic carbocycles. The molecule has 0 radical (unpaired) electrons. The number of benzene rings is 1. The zero-order valence-corrected chi connectivity index (χ0v) is 14.8. The zero-order chi connectivity index (χ0) is 19.6. The molecular weight excluding hydrogens is 353 g/mol. The number of hydrogen-bond donors (Lipinski definition) is 0. The van der Waals surface area contributed by atoms with E-state index in [4.69, 9.17) is 0 Å². The third-order valence-electron chi connectivity index (χ3n) is 4.50. The smallest absolute Gasteiger partial charge is 0.363 e. The van der Waals surface area contributed by atoms with Gasteiger partial charge >= 0.3 is 6.18 Å². The lowest BCUT2D eigenvalue weighted by Crippen LogP contribution is -2.53. The first-order valence-electron chi connectivity index (χ1n) is 8.08. The van der Waals surface area contributed by atoms with E-state index >= 15 is 0 Å². The van der Waals surface area contributed by atoms with Crippen LogP contribution in [-0.4, -0.2) is 66.9 Å². The Labute approximate surface area is 149 Å². The van der Waals surface area contributed by atoms with Gasteiger partial charge in [0, 0.05) is 46.3 Å². The second-order valence-corrected chi connectivity index (χ2v) is 6.39. The molecule has 0 aromatic heterocycles. The second kappa shape index (κ2) is 7.48. The minimum absolute atomic E-state index is 0.0426. The first kappa shape index (κ1) is 20.0. The number of nitro groups is 1. The lowest BCUT2D eigenvalue weighted by Gasteiger charge is -2.38. The Morgan fingerprint density at radius 1 is 1.23 bits per heavy atom. The average molecular weight is 374 g/mol. The van der Waals surface area contributed by atoms with E-state index in [0.29, 0.717) is 32.2 Å². The van der Waals surface area contributed by atoms with Crippen molar-refractivity contribution in [3.05, 3.63) is 33.9 Å². The molecule has 2 rings (SSSR count). The van der Waals surface area contributed by atoms with Crippen molar-refractivity contribution >= 4 is 17.3 Å². The van der Waals surface area contributed by atoms with Gasteiger partial charge in [0.15, 0.2) is 0 Å². The monoisotopic (exact) mass is 374 g/mol. The fraction of sp³-hybridized carbons (Fsp3) is 0.562. The number of hydrogen-bond acceptors (Lipinski definition) is 5. The topological polar surface area (TPSA) is 69.9 Å². The lowest BCUT2D eigenvalue weighted by atomic mass is 10.1. The average Bonchev–Trinajstić information content (AvgIpc) is 2.59. The van der Waals surface area contributed by atoms with Gasteiger partial charge in [-0.05, 0) is 19.1 Å². The van der Waals surface area contributed by atoms with Crippen LogP contribution in [0.2, 0.25) is 0 Å². The first-order valence-corrected chi connectivity index (χ1v) is 8.08. The summed E-state index contributed by atoms with van der Waals surface area (Å²) >= 11 is 0. The zero-order valence-electron chi connectivity index (χ0n) is 14.8. The van der Waals surface area contributed by atoms with Gasteiger partial charge in [-0.1, -0.05) is 0 Å². The van der Waals surface area contributed by atoms with Crippen molar-refractivity contribution in [3.63, 3.8) is 0 Å². The van der Waals surface area contributed by atoms with Crippen LogP contribution in [0, 0.1) is 10.1 Å². The maximum Gasteiger partial charge on any atom is 0.416 e. The van der Waals surface area contributed by atoms with E-state index in [2.05, 4.69) is 0 Å². The summed E-state index contributed by atoms with van der Waals surface area (Å²) in [5, 5.41) is 11.2. The molecule has 0 spiro atoms. The normalized spacial score (nSPS) is 17.1. The molecule has 0 N–H and O–H groups in total. The van der Waals surface area contributed by atoms with E-state index < -0.39 is 22.4 Å². The van der Waals surface area contributed by atoms with Crippen LogP contribution >= 0.6 is 0 Å². The van der Waals surface area contributed by atoms with Gasteiger partial charge in [-0.2, -0.15) is 13.2 Å². The largest absolute Gasteiger partial charge is 0.416 e. The Kier molecular flexibility index (Phi) is 5.74. The van der Waals surface area contributed by atoms with Gasteiger partial charge in [0.05, 0.1) is 16.5 Å². The number of rotatable bonds is 4. The van der Waals surface area contributed by atoms with Crippen molar-refractivity contribution in [2.24, 2.45) is 0 Å². The second-order valence-electron chi connectivity index (χ2n) is 6.39. The van der Waals surface area contributed by atoms with Crippen molar-refractivity contribution in [3.8, 4) is 0 Å². The highest BCUT2D eigenvalue weighted by Crippen LogP contribution is 2.36. The summed E-state index contributed by atoms with van der Waals surface area (Å²) in [7, 11) is 3.33. The van der Waals surface area contributed by atoms with Gasteiger partial charge in [0.2, 0.25) is 5.91 Å². The Bertz CT molecular complexity index is 686. The number of carbonyl (C=O) groups excluding carboxylic acids is 1. The molecule has 1 heterocycles. The van der Waals surface area contributed by atoms with Crippen LogP contribution in [0.4, 0.5) is 24.5 Å². The molecule has 1 saturated heterocycles. The molecule has 7 nitrogen and oxygen atoms in total. The van der Waals surface area contributed by atoms with Crippen LogP contribution in [0.15, 0.2) is 18.2 Å². The molecule has 1 fully saturated rings. The van der Waals surface area contributed by atoms with Crippen LogP contribution in [0.1, 0.15) is 12.5 Å². The van der Waals surface area contributed by atoms with E-state index in [0.717, 1.165) is 12.1 Å². The maximum atomic E-state index is 12.8. The summed E-state index contributed by atoms with van der Waals surface area (Å²) in [5.74, 6) is -0.0426. The summed E-state index contributed by atoms with van der Waals surface area (Å²) in [4.78, 5) is 27.6. The standard InChI is InChI=1S/C16H21F3N4O3/c1-11(15(24)20(2)3)21-6-8-22(9-7-21)13-5-4-12(16(17,18)19)10-14(13)23(25)26/h4-5,10-11H,6-9H2,1-3H3/t11-/m0/s1. The van der Waals surface area contributed by atoms with E-state index in [-0.39, 0.29) is 17.6 Å². The Morgan fingerprint density at radius 3 is 2.27 bits per heavy atom. The molecule has 0 saturated carbocycles. The van der Waals surface area contributed by atoms with Crippen LogP contribution in [-0.2, 0) is 11.0 Å². The number of piperazine rings is 1. The van der Waals surface area contributed by atoms with Crippen LogP contribution in [0.25, 0.3) is 0 Å². The molecule has 0 aliphatic carbocycles. The van der Waals surface area contributed by atoms with Gasteiger partial charge in [0.1, 0.15) is 5.69 Å². The predicted molar refractivity (Wildman–Crippen MR) is 90.0 cm³/mol. The van der Waals surface area contributed by atoms with Crippen LogP contribution < -0.4 is 4.90 Å². The summed E-state index contributed by atoms with van der Waals surface area (Å²) < 4.78 is 38.4. The van der Waals surface area contributed by atoms with E-state index in [1.807, 2.05) is 4.90 Å². The van der Waals surface area contributed by atoms with E-state index in [9.17, 15) is 28.1 Å². The summed E-state index contributed by atoms with van der Waals surface area (Å²) in [5.41, 5.74) is -1.45. The molecule has 1 amide bonds. The quantitative estimate of drug-likeness (QED) is 0.597. The van der Waals surface area contributed by atoms with Gasteiger partial charge in [0.25, 0.3) is 5.69 Å². The number of nitro benzene ring substituents is 1. The minimum atomic E-state index is -4.63. The summed E-state index contributed by atoms with van der Waals surface area (Å²) in [6.45, 7) is 3.53. The molecule has 1 aliphatic rings. The maximum absolute atomic E-state index is 12.8. The van der Waals surface area contributed by atoms with E-state index in [1.165, 1.54) is 4.90 Å². The van der Waals surface area contributed by atoms with Crippen LogP contribution in [0.5, 0.6) is 0 Å². The van der Waals surface area contributed by atoms with Crippen molar-refractivity contribution in [2.45, 2.75) is 19.1 Å². The van der Waals surface area contributed by atoms with Crippen molar-refractivity contribution in [1.82, 2.24) is 9.80 Å². The highest BCUT2D eigenvalue weighted by Gasteiger charge is 2.34. The number of halogens is 3. The van der Waals surface area contributed by atoms with Gasteiger partial charge < -0.3 is 9.80 Å². The van der Waals surface area contributed by atoms with Gasteiger partial charge in [-0.3, -0.25) is 19.8 Å². The molecule has 26 heavy (non-hydrogen) atoms. The number of likely N-dealkylation sites (N-methyl/N-ethyl adjacent to an activating group) is 1. The fourth-order valence-electron chi connectivity index (χ4n) is 2.99. The molecule has 1 aliphatic heterocycles. The Balaban J connectivity index is 2.16. The van der Waals surface area contributed by atoms with Gasteiger partial charge in [-0.15, -0.1) is 0 Å². The highest BCUT2D eigenvalue weighted by atomic mass is 19.4. The fourth-order valence-corrected chi connectivity index (χ4v) is 2.99. The number of carbonyl (C=O) groups is 1. The SMILES string of the molecule is C[C@@H](C(=O)N(C)C)N1CCN(c2ccc(C(F)(F)F)cc2[N+](=O)[O-])CC1. The lowest BCUT2D eigenvalue weighted by molar-refractivity contribution is -0.384. The minimum Gasteiger partial charge on any atom is -0.363 e. The van der Waals surface area contributed by atoms with Crippen molar-refractivity contribution in [1.29, 1.82) is 0 Å². The Hall–Kier alpha value is -2.36. The number of nitrogens with zero attached hydrogens (tertiary/aromatic N) is 4. The van der Waals surface area contributed by atoms with Crippen molar-refractivity contribution < 1.29 is 22.9 Å². The molecule has 0 bridgehead atoms. The molecule has 144 valence electrons. The molecule has 10 heteroatoms. The first-order chi connectivity index (χ1) is 12.0. The predicted octanol–water partition coefficient (Wildman–Crippen LogP) is 2.21. The number of anilines is 1. The Morgan fingerprint density at radius 2 is 1.81 bits per heavy atom. The summed E-state index contributed by atoms with van der Waals surface area (Å²) in [6.07, 6.45) is -4.63. The van der Waals surface area contributed by atoms with Crippen LogP contribution in [0.3, 0.4) is 0 Å². The molecule has 1 aromatic rings. The third kappa shape index (κ3) is 4.24. The number of amides is 1. The van der Waals surface area contributed by atoms with Crippen molar-refractivity contribution in [2.75, 3.05) is 45.2 Å². The number of alkyl halides is 3. The third-order valence-corrected chi connectivity index (χ3v) is 4.50. The summed E-state index contributed by atoms with van der Waals surface area (Å²) in [6, 6.07) is 2.24.